The Hall–Kier alpha value is -3.58. The van der Waals surface area contributed by atoms with Crippen LogP contribution in [0.5, 0.6) is 23.0 Å². The van der Waals surface area contributed by atoms with Gasteiger partial charge in [-0.05, 0) is 59.7 Å². The zero-order chi connectivity index (χ0) is 28.1. The monoisotopic (exact) mass is 578 g/mol. The van der Waals surface area contributed by atoms with Crippen LogP contribution in [0.3, 0.4) is 0 Å². The quantitative estimate of drug-likeness (QED) is 0.146. The number of carboxylic acids is 1. The summed E-state index contributed by atoms with van der Waals surface area (Å²) in [5.74, 6) is -1.49. The molecule has 40 heavy (non-hydrogen) atoms. The van der Waals surface area contributed by atoms with Crippen molar-refractivity contribution in [1.82, 2.24) is 8.75 Å². The molecule has 0 unspecified atom stereocenters. The Kier molecular flexibility index (Phi) is 10.6. The molecule has 0 bridgehead atoms. The number of ether oxygens (including phenoxy) is 4. The molecule has 0 atom stereocenters. The van der Waals surface area contributed by atoms with Crippen molar-refractivity contribution in [3.63, 3.8) is 0 Å². The minimum atomic E-state index is -3.04. The molecule has 1 heterocycles. The van der Waals surface area contributed by atoms with Crippen LogP contribution in [0.4, 0.5) is 8.78 Å². The number of carbonyl (C=O) groups excluding carboxylic acids is 2. The number of aromatic nitrogens is 2. The topological polar surface area (TPSA) is 120 Å². The summed E-state index contributed by atoms with van der Waals surface area (Å²) in [7, 11) is 4.29. The maximum absolute atomic E-state index is 13.8. The van der Waals surface area contributed by atoms with Crippen LogP contribution < -0.4 is 53.6 Å². The number of allylic oxidation sites excluding steroid dienone is 1. The van der Waals surface area contributed by atoms with Crippen molar-refractivity contribution in [3.05, 3.63) is 76.9 Å². The summed E-state index contributed by atoms with van der Waals surface area (Å²) in [4.78, 5) is 26.3. The van der Waals surface area contributed by atoms with Gasteiger partial charge in [-0.25, -0.2) is 0 Å². The second kappa shape index (κ2) is 13.7. The average molecular weight is 579 g/mol. The van der Waals surface area contributed by atoms with Crippen LogP contribution in [0.1, 0.15) is 21.5 Å². The van der Waals surface area contributed by atoms with Crippen LogP contribution in [0.15, 0.2) is 60.2 Å². The summed E-state index contributed by atoms with van der Waals surface area (Å²) < 4.78 is 54.0. The number of ketones is 1. The first kappa shape index (κ1) is 31.0. The summed E-state index contributed by atoms with van der Waals surface area (Å²) in [5.41, 5.74) is 1.22. The van der Waals surface area contributed by atoms with E-state index in [1.165, 1.54) is 57.7 Å². The van der Waals surface area contributed by atoms with Crippen LogP contribution in [0.2, 0.25) is 0 Å². The normalized spacial score (nSPS) is 11.4. The Balaban J connectivity index is 0.00000441. The molecule has 9 nitrogen and oxygen atoms in total. The van der Waals surface area contributed by atoms with E-state index in [1.807, 2.05) is 0 Å². The molecule has 0 amide bonds. The minimum absolute atomic E-state index is 0. The van der Waals surface area contributed by atoms with Crippen molar-refractivity contribution in [3.8, 4) is 23.0 Å². The zero-order valence-electron chi connectivity index (χ0n) is 21.9. The number of benzene rings is 3. The Morgan fingerprint density at radius 3 is 2.02 bits per heavy atom. The number of fused-ring (bicyclic) bond motifs is 1. The molecule has 0 aliphatic carbocycles. The SMILES string of the molecule is COc1cc(C/C(C(=O)c2ccc(OC(F)F)cc2)=C(/C(=O)[O-])c2ccc3nsnc3c2)cc(OC)c1OC.[Na+]. The number of hydrogen-bond acceptors (Lipinski definition) is 10. The number of methoxy groups -OCH3 is 3. The van der Waals surface area contributed by atoms with Gasteiger partial charge in [-0.3, -0.25) is 4.79 Å². The molecule has 4 aromatic rings. The molecule has 13 heteroatoms. The van der Waals surface area contributed by atoms with Gasteiger partial charge >= 0.3 is 36.2 Å². The maximum atomic E-state index is 13.8. The van der Waals surface area contributed by atoms with E-state index in [0.717, 1.165) is 11.7 Å². The molecular formula is C27H21F2N2NaO7S. The van der Waals surface area contributed by atoms with Gasteiger partial charge < -0.3 is 28.8 Å². The molecule has 0 radical (unpaired) electrons. The summed E-state index contributed by atoms with van der Waals surface area (Å²) >= 11 is 0.962. The van der Waals surface area contributed by atoms with Crippen LogP contribution in [0.25, 0.3) is 16.6 Å². The van der Waals surface area contributed by atoms with Crippen molar-refractivity contribution in [1.29, 1.82) is 0 Å². The van der Waals surface area contributed by atoms with Gasteiger partial charge in [-0.2, -0.15) is 17.5 Å². The van der Waals surface area contributed by atoms with Gasteiger partial charge in [0.25, 0.3) is 0 Å². The molecular weight excluding hydrogens is 557 g/mol. The number of halogens is 2. The molecule has 4 rings (SSSR count). The second-order valence-corrected chi connectivity index (χ2v) is 8.58. The third kappa shape index (κ3) is 6.76. The van der Waals surface area contributed by atoms with E-state index in [9.17, 15) is 23.5 Å². The summed E-state index contributed by atoms with van der Waals surface area (Å²) in [5, 5.41) is 12.5. The zero-order valence-corrected chi connectivity index (χ0v) is 24.7. The van der Waals surface area contributed by atoms with Crippen molar-refractivity contribution in [2.24, 2.45) is 0 Å². The number of Topliss-reactive ketones (excluding diaryl/α,β-unsaturated/α-hetero) is 1. The number of rotatable bonds is 11. The number of alkyl halides is 2. The van der Waals surface area contributed by atoms with Gasteiger partial charge in [0.15, 0.2) is 17.3 Å². The Morgan fingerprint density at radius 1 is 0.875 bits per heavy atom. The third-order valence-electron chi connectivity index (χ3n) is 5.77. The molecule has 3 aromatic carbocycles. The predicted molar refractivity (Wildman–Crippen MR) is 137 cm³/mol. The predicted octanol–water partition coefficient (Wildman–Crippen LogP) is 0.952. The van der Waals surface area contributed by atoms with Crippen molar-refractivity contribution in [2.75, 3.05) is 21.3 Å². The fourth-order valence-electron chi connectivity index (χ4n) is 4.04. The smallest absolute Gasteiger partial charge is 0.545 e. The van der Waals surface area contributed by atoms with Crippen LogP contribution in [-0.4, -0.2) is 48.4 Å². The summed E-state index contributed by atoms with van der Waals surface area (Å²) in [6, 6.07) is 12.7. The van der Waals surface area contributed by atoms with E-state index < -0.39 is 18.4 Å². The Bertz CT molecular complexity index is 1530. The first-order valence-electron chi connectivity index (χ1n) is 11.3. The van der Waals surface area contributed by atoms with Crippen molar-refractivity contribution < 1.29 is 72.0 Å². The molecule has 0 N–H and O–H groups in total. The van der Waals surface area contributed by atoms with E-state index in [1.54, 1.807) is 18.2 Å². The molecule has 0 fully saturated rings. The van der Waals surface area contributed by atoms with E-state index in [2.05, 4.69) is 13.5 Å². The van der Waals surface area contributed by atoms with E-state index in [0.29, 0.717) is 33.8 Å². The third-order valence-corrected chi connectivity index (χ3v) is 6.33. The van der Waals surface area contributed by atoms with E-state index in [4.69, 9.17) is 14.2 Å². The molecule has 0 saturated carbocycles. The van der Waals surface area contributed by atoms with Crippen molar-refractivity contribution in [2.45, 2.75) is 13.0 Å². The number of aliphatic carboxylic acids is 1. The minimum Gasteiger partial charge on any atom is -0.545 e. The van der Waals surface area contributed by atoms with Gasteiger partial charge in [0, 0.05) is 23.1 Å². The second-order valence-electron chi connectivity index (χ2n) is 8.05. The average Bonchev–Trinajstić information content (AvgIpc) is 3.39. The fourth-order valence-corrected chi connectivity index (χ4v) is 4.56. The van der Waals surface area contributed by atoms with Gasteiger partial charge in [-0.15, -0.1) is 0 Å². The van der Waals surface area contributed by atoms with Crippen molar-refractivity contribution >= 4 is 40.1 Å². The fraction of sp³-hybridized carbons (Fsp3) is 0.185. The molecule has 0 saturated heterocycles. The first-order valence-corrected chi connectivity index (χ1v) is 12.0. The van der Waals surface area contributed by atoms with Crippen LogP contribution in [-0.2, 0) is 11.2 Å². The van der Waals surface area contributed by atoms with Crippen LogP contribution in [0, 0.1) is 0 Å². The molecule has 0 aliphatic rings. The van der Waals surface area contributed by atoms with Gasteiger partial charge in [0.05, 0.1) is 39.0 Å². The molecule has 0 aliphatic heterocycles. The largest absolute Gasteiger partial charge is 1.00 e. The Labute approximate surface area is 253 Å². The first-order chi connectivity index (χ1) is 18.7. The molecule has 1 aromatic heterocycles. The summed E-state index contributed by atoms with van der Waals surface area (Å²) in [6.07, 6.45) is -0.179. The Morgan fingerprint density at radius 2 is 1.48 bits per heavy atom. The molecule has 202 valence electrons. The number of carbonyl (C=O) groups is 2. The summed E-state index contributed by atoms with van der Waals surface area (Å²) in [6.45, 7) is -3.04. The number of hydrogen-bond donors (Lipinski definition) is 0. The number of nitrogens with zero attached hydrogens (tertiary/aromatic N) is 2. The van der Waals surface area contributed by atoms with Gasteiger partial charge in [0.1, 0.15) is 16.8 Å². The molecule has 0 spiro atoms. The van der Waals surface area contributed by atoms with Gasteiger partial charge in [0.2, 0.25) is 5.75 Å². The standard InChI is InChI=1S/C27H22F2N2O7S.Na/c1-35-21-11-14(12-22(36-2)25(21)37-3)10-18(24(32)15-4-7-17(8-5-15)38-27(28)29)23(26(33)34)16-6-9-19-20(13-16)31-39-30-19;/h4-9,11-13,27H,10H2,1-3H3,(H,33,34);/q;+1/p-1/b23-18-;. The van der Waals surface area contributed by atoms with E-state index in [-0.39, 0.29) is 64.0 Å². The maximum Gasteiger partial charge on any atom is 1.00 e. The van der Waals surface area contributed by atoms with E-state index >= 15 is 0 Å². The van der Waals surface area contributed by atoms with Crippen LogP contribution >= 0.6 is 11.7 Å². The van der Waals surface area contributed by atoms with Gasteiger partial charge in [-0.1, -0.05) is 6.07 Å². The number of carboxylic acid groups (broad SMARTS) is 1.